The summed E-state index contributed by atoms with van der Waals surface area (Å²) in [5, 5.41) is 2.35. The molecule has 2 aliphatic carbocycles. The first-order chi connectivity index (χ1) is 8.00. The minimum Gasteiger partial charge on any atom is -0.277 e. The van der Waals surface area contributed by atoms with E-state index in [1.165, 1.54) is 4.90 Å². The zero-order valence-corrected chi connectivity index (χ0v) is 9.91. The third kappa shape index (κ3) is 1.17. The summed E-state index contributed by atoms with van der Waals surface area (Å²) < 4.78 is 0. The van der Waals surface area contributed by atoms with Crippen molar-refractivity contribution in [2.75, 3.05) is 0 Å². The molecule has 0 aromatic heterocycles. The molecule has 0 aromatic rings. The van der Waals surface area contributed by atoms with E-state index in [1.807, 2.05) is 6.92 Å². The van der Waals surface area contributed by atoms with Crippen LogP contribution in [0.3, 0.4) is 0 Å². The Morgan fingerprint density at radius 1 is 1.06 bits per heavy atom. The van der Waals surface area contributed by atoms with Gasteiger partial charge >= 0.3 is 6.03 Å². The lowest BCUT2D eigenvalue weighted by molar-refractivity contribution is -0.163. The lowest BCUT2D eigenvalue weighted by Gasteiger charge is -2.53. The number of rotatable bonds is 1. The number of imide groups is 2. The van der Waals surface area contributed by atoms with Crippen molar-refractivity contribution in [2.45, 2.75) is 51.0 Å². The van der Waals surface area contributed by atoms with E-state index in [4.69, 9.17) is 0 Å². The highest BCUT2D eigenvalue weighted by molar-refractivity contribution is 6.20. The number of nitrogens with one attached hydrogen (secondary N) is 1. The van der Waals surface area contributed by atoms with E-state index < -0.39 is 17.4 Å². The Morgan fingerprint density at radius 3 is 2.06 bits per heavy atom. The predicted octanol–water partition coefficient (Wildman–Crippen LogP) is 1.18. The van der Waals surface area contributed by atoms with Crippen LogP contribution in [0.4, 0.5) is 4.79 Å². The van der Waals surface area contributed by atoms with Crippen LogP contribution in [0, 0.1) is 5.41 Å². The quantitative estimate of drug-likeness (QED) is 0.695. The van der Waals surface area contributed by atoms with Crippen LogP contribution in [0.1, 0.15) is 45.4 Å². The van der Waals surface area contributed by atoms with Gasteiger partial charge in [-0.3, -0.25) is 19.8 Å². The molecule has 3 rings (SSSR count). The molecule has 0 atom stereocenters. The van der Waals surface area contributed by atoms with Crippen LogP contribution in [0.25, 0.3) is 0 Å². The van der Waals surface area contributed by atoms with E-state index in [2.05, 4.69) is 5.32 Å². The number of urea groups is 1. The van der Waals surface area contributed by atoms with Gasteiger partial charge in [0.05, 0.1) is 0 Å². The average molecular weight is 236 g/mol. The second-order valence-corrected chi connectivity index (χ2v) is 5.69. The summed E-state index contributed by atoms with van der Waals surface area (Å²) in [6.07, 6.45) is 4.77. The van der Waals surface area contributed by atoms with Gasteiger partial charge in [-0.1, -0.05) is 6.42 Å². The van der Waals surface area contributed by atoms with Gasteiger partial charge in [-0.05, 0) is 39.0 Å². The van der Waals surface area contributed by atoms with Gasteiger partial charge in [-0.25, -0.2) is 4.79 Å². The van der Waals surface area contributed by atoms with E-state index in [0.29, 0.717) is 12.8 Å². The van der Waals surface area contributed by atoms with E-state index in [9.17, 15) is 14.4 Å². The minimum atomic E-state index is -0.924. The number of amides is 4. The maximum atomic E-state index is 12.4. The Morgan fingerprint density at radius 2 is 1.65 bits per heavy atom. The SMILES string of the molecule is CC1(N2C(=O)NC(=O)C3(CCC3)C2=O)CCC1. The van der Waals surface area contributed by atoms with Gasteiger partial charge in [0, 0.05) is 5.54 Å². The molecule has 4 amide bonds. The highest BCUT2D eigenvalue weighted by Crippen LogP contribution is 2.48. The lowest BCUT2D eigenvalue weighted by Crippen LogP contribution is -2.71. The predicted molar refractivity (Wildman–Crippen MR) is 58.9 cm³/mol. The molecule has 0 radical (unpaired) electrons. The standard InChI is InChI=1S/C12H16N2O3/c1-11(4-2-5-11)14-9(16)12(6-3-7-12)8(15)13-10(14)17/h2-7H2,1H3,(H,13,15,17). The molecule has 1 spiro atoms. The zero-order chi connectivity index (χ0) is 12.3. The number of hydrogen-bond acceptors (Lipinski definition) is 3. The monoisotopic (exact) mass is 236 g/mol. The van der Waals surface area contributed by atoms with Gasteiger partial charge in [0.1, 0.15) is 5.41 Å². The van der Waals surface area contributed by atoms with Gasteiger partial charge in [0.15, 0.2) is 0 Å². The Labute approximate surface area is 99.5 Å². The molecule has 0 bridgehead atoms. The smallest absolute Gasteiger partial charge is 0.277 e. The third-order valence-corrected chi connectivity index (χ3v) is 4.65. The van der Waals surface area contributed by atoms with Crippen molar-refractivity contribution < 1.29 is 14.4 Å². The number of carbonyl (C=O) groups is 3. The minimum absolute atomic E-state index is 0.264. The number of barbiturate groups is 1. The Hall–Kier alpha value is -1.39. The molecule has 1 saturated heterocycles. The van der Waals surface area contributed by atoms with E-state index in [-0.39, 0.29) is 11.4 Å². The summed E-state index contributed by atoms with van der Waals surface area (Å²) in [6.45, 7) is 1.93. The molecule has 2 saturated carbocycles. The van der Waals surface area contributed by atoms with Crippen LogP contribution < -0.4 is 5.32 Å². The molecule has 1 N–H and O–H groups in total. The molecule has 1 aliphatic heterocycles. The zero-order valence-electron chi connectivity index (χ0n) is 9.91. The first kappa shape index (κ1) is 10.7. The van der Waals surface area contributed by atoms with Crippen LogP contribution in [0.5, 0.6) is 0 Å². The summed E-state index contributed by atoms with van der Waals surface area (Å²) in [4.78, 5) is 37.4. The second-order valence-electron chi connectivity index (χ2n) is 5.69. The Balaban J connectivity index is 1.96. The lowest BCUT2D eigenvalue weighted by atomic mass is 9.64. The molecule has 5 heteroatoms. The maximum Gasteiger partial charge on any atom is 0.331 e. The molecule has 92 valence electrons. The first-order valence-corrected chi connectivity index (χ1v) is 6.20. The van der Waals surface area contributed by atoms with Crippen molar-refractivity contribution in [3.63, 3.8) is 0 Å². The summed E-state index contributed by atoms with van der Waals surface area (Å²) in [5.41, 5.74) is -1.29. The number of carbonyl (C=O) groups excluding carboxylic acids is 3. The Bertz CT molecular complexity index is 421. The van der Waals surface area contributed by atoms with Gasteiger partial charge in [0.2, 0.25) is 11.8 Å². The topological polar surface area (TPSA) is 66.5 Å². The average Bonchev–Trinajstić information content (AvgIpc) is 2.11. The maximum absolute atomic E-state index is 12.4. The van der Waals surface area contributed by atoms with E-state index in [1.54, 1.807) is 0 Å². The highest BCUT2D eigenvalue weighted by Gasteiger charge is 2.61. The van der Waals surface area contributed by atoms with Crippen molar-refractivity contribution >= 4 is 17.8 Å². The fourth-order valence-corrected chi connectivity index (χ4v) is 3.05. The number of hydrogen-bond donors (Lipinski definition) is 1. The van der Waals surface area contributed by atoms with E-state index >= 15 is 0 Å². The van der Waals surface area contributed by atoms with Crippen molar-refractivity contribution in [1.29, 1.82) is 0 Å². The molecule has 1 heterocycles. The summed E-state index contributed by atoms with van der Waals surface area (Å²) in [7, 11) is 0. The second kappa shape index (κ2) is 3.09. The fraction of sp³-hybridized carbons (Fsp3) is 0.750. The summed E-state index contributed by atoms with van der Waals surface area (Å²) >= 11 is 0. The molecule has 0 unspecified atom stereocenters. The summed E-state index contributed by atoms with van der Waals surface area (Å²) in [6, 6.07) is -0.528. The molecule has 3 fully saturated rings. The van der Waals surface area contributed by atoms with E-state index in [0.717, 1.165) is 25.7 Å². The van der Waals surface area contributed by atoms with Crippen molar-refractivity contribution in [3.8, 4) is 0 Å². The molecule has 17 heavy (non-hydrogen) atoms. The van der Waals surface area contributed by atoms with Crippen LogP contribution in [-0.2, 0) is 9.59 Å². The number of nitrogens with zero attached hydrogens (tertiary/aromatic N) is 1. The van der Waals surface area contributed by atoms with Gasteiger partial charge in [-0.15, -0.1) is 0 Å². The van der Waals surface area contributed by atoms with Crippen LogP contribution in [0.15, 0.2) is 0 Å². The largest absolute Gasteiger partial charge is 0.331 e. The van der Waals surface area contributed by atoms with Crippen LogP contribution in [0.2, 0.25) is 0 Å². The normalized spacial score (nSPS) is 29.7. The van der Waals surface area contributed by atoms with Crippen LogP contribution in [-0.4, -0.2) is 28.3 Å². The van der Waals surface area contributed by atoms with Gasteiger partial charge < -0.3 is 0 Å². The van der Waals surface area contributed by atoms with Crippen LogP contribution >= 0.6 is 0 Å². The molecule has 5 nitrogen and oxygen atoms in total. The van der Waals surface area contributed by atoms with Gasteiger partial charge in [0.25, 0.3) is 0 Å². The summed E-state index contributed by atoms with van der Waals surface area (Å²) in [5.74, 6) is -0.655. The Kier molecular flexibility index (Phi) is 1.95. The van der Waals surface area contributed by atoms with Gasteiger partial charge in [-0.2, -0.15) is 0 Å². The first-order valence-electron chi connectivity index (χ1n) is 6.20. The van der Waals surface area contributed by atoms with Crippen molar-refractivity contribution in [1.82, 2.24) is 10.2 Å². The molecular weight excluding hydrogens is 220 g/mol. The highest BCUT2D eigenvalue weighted by atomic mass is 16.2. The van der Waals surface area contributed by atoms with Crippen molar-refractivity contribution in [3.05, 3.63) is 0 Å². The fourth-order valence-electron chi connectivity index (χ4n) is 3.05. The third-order valence-electron chi connectivity index (χ3n) is 4.65. The van der Waals surface area contributed by atoms with Crippen molar-refractivity contribution in [2.24, 2.45) is 5.41 Å². The molecular formula is C12H16N2O3. The molecule has 0 aromatic carbocycles. The molecule has 3 aliphatic rings.